The Morgan fingerprint density at radius 1 is 1.23 bits per heavy atom. The summed E-state index contributed by atoms with van der Waals surface area (Å²) in [5, 5.41) is 12.1. The summed E-state index contributed by atoms with van der Waals surface area (Å²) in [6.07, 6.45) is 4.93. The molecule has 0 amide bonds. The first-order valence-corrected chi connectivity index (χ1v) is 7.99. The van der Waals surface area contributed by atoms with Gasteiger partial charge in [0.25, 0.3) is 5.56 Å². The van der Waals surface area contributed by atoms with Crippen LogP contribution in [0.15, 0.2) is 39.9 Å². The van der Waals surface area contributed by atoms with Crippen molar-refractivity contribution in [1.82, 2.24) is 34.7 Å². The minimum atomic E-state index is -0.279. The van der Waals surface area contributed by atoms with Crippen LogP contribution in [0, 0.1) is 0 Å². The van der Waals surface area contributed by atoms with Crippen LogP contribution >= 0.6 is 11.6 Å². The van der Waals surface area contributed by atoms with Crippen LogP contribution in [0.4, 0.5) is 0 Å². The van der Waals surface area contributed by atoms with Gasteiger partial charge < -0.3 is 4.52 Å². The number of rotatable bonds is 4. The topological polar surface area (TPSA) is 105 Å². The fourth-order valence-corrected chi connectivity index (χ4v) is 2.51. The largest absolute Gasteiger partial charge is 0.337 e. The first-order valence-electron chi connectivity index (χ1n) is 7.61. The summed E-state index contributed by atoms with van der Waals surface area (Å²) < 4.78 is 7.95. The zero-order valence-electron chi connectivity index (χ0n) is 13.6. The highest BCUT2D eigenvalue weighted by Crippen LogP contribution is 2.12. The second kappa shape index (κ2) is 6.52. The van der Waals surface area contributed by atoms with E-state index in [9.17, 15) is 4.79 Å². The van der Waals surface area contributed by atoms with E-state index in [4.69, 9.17) is 16.1 Å². The van der Waals surface area contributed by atoms with E-state index in [2.05, 4.69) is 25.4 Å². The van der Waals surface area contributed by atoms with Gasteiger partial charge in [0.15, 0.2) is 11.3 Å². The number of halogens is 1. The van der Waals surface area contributed by atoms with Gasteiger partial charge in [-0.05, 0) is 23.8 Å². The smallest absolute Gasteiger partial charge is 0.281 e. The molecule has 9 nitrogen and oxygen atoms in total. The van der Waals surface area contributed by atoms with Gasteiger partial charge in [-0.2, -0.15) is 4.98 Å². The Labute approximate surface area is 151 Å². The Morgan fingerprint density at radius 3 is 2.85 bits per heavy atom. The van der Waals surface area contributed by atoms with Gasteiger partial charge in [-0.3, -0.25) is 9.36 Å². The monoisotopic (exact) mass is 369 g/mol. The standard InChI is InChI=1S/C16H12ClN7O2/c1-23-14-15(20-22-23)18-9-24(16(14)25)8-13-19-12(21-26-13)7-4-10-2-5-11(17)6-3-10/h2-7,9H,8H2,1H3. The molecule has 0 aliphatic carbocycles. The van der Waals surface area contributed by atoms with E-state index in [-0.39, 0.29) is 12.1 Å². The molecule has 4 aromatic rings. The van der Waals surface area contributed by atoms with Crippen molar-refractivity contribution in [3.8, 4) is 0 Å². The second-order valence-corrected chi connectivity index (χ2v) is 5.93. The van der Waals surface area contributed by atoms with E-state index >= 15 is 0 Å². The van der Waals surface area contributed by atoms with E-state index in [1.807, 2.05) is 18.2 Å². The van der Waals surface area contributed by atoms with Crippen LogP contribution in [-0.4, -0.2) is 34.7 Å². The highest BCUT2D eigenvalue weighted by molar-refractivity contribution is 6.30. The molecule has 3 aromatic heterocycles. The molecule has 0 atom stereocenters. The van der Waals surface area contributed by atoms with E-state index in [0.717, 1.165) is 5.56 Å². The van der Waals surface area contributed by atoms with Gasteiger partial charge in [-0.15, -0.1) is 5.10 Å². The molecule has 0 saturated carbocycles. The number of aryl methyl sites for hydroxylation is 1. The Hall–Kier alpha value is -3.33. The second-order valence-electron chi connectivity index (χ2n) is 5.49. The van der Waals surface area contributed by atoms with Gasteiger partial charge in [0.05, 0.1) is 0 Å². The predicted octanol–water partition coefficient (Wildman–Crippen LogP) is 1.78. The molecule has 0 radical (unpaired) electrons. The average Bonchev–Trinajstić information content (AvgIpc) is 3.24. The molecule has 0 unspecified atom stereocenters. The zero-order valence-corrected chi connectivity index (χ0v) is 14.3. The highest BCUT2D eigenvalue weighted by atomic mass is 35.5. The maximum absolute atomic E-state index is 12.5. The summed E-state index contributed by atoms with van der Waals surface area (Å²) >= 11 is 5.85. The van der Waals surface area contributed by atoms with Gasteiger partial charge in [0.2, 0.25) is 11.5 Å². The Bertz CT molecular complexity index is 1160. The van der Waals surface area contributed by atoms with Gasteiger partial charge in [0.1, 0.15) is 12.9 Å². The molecule has 0 spiro atoms. The molecule has 0 aliphatic rings. The number of fused-ring (bicyclic) bond motifs is 1. The Morgan fingerprint density at radius 2 is 2.04 bits per heavy atom. The third-order valence-corrected chi connectivity index (χ3v) is 3.93. The van der Waals surface area contributed by atoms with Gasteiger partial charge in [0, 0.05) is 12.1 Å². The third-order valence-electron chi connectivity index (χ3n) is 3.68. The number of hydrogen-bond acceptors (Lipinski definition) is 7. The lowest BCUT2D eigenvalue weighted by Gasteiger charge is -2.00. The normalized spacial score (nSPS) is 11.6. The number of nitrogens with zero attached hydrogens (tertiary/aromatic N) is 7. The van der Waals surface area contributed by atoms with Crippen molar-refractivity contribution in [1.29, 1.82) is 0 Å². The quantitative estimate of drug-likeness (QED) is 0.540. The first kappa shape index (κ1) is 16.2. The molecule has 130 valence electrons. The Balaban J connectivity index is 1.55. The molecule has 0 aliphatic heterocycles. The van der Waals surface area contributed by atoms with Crippen molar-refractivity contribution < 1.29 is 4.52 Å². The number of hydrogen-bond donors (Lipinski definition) is 0. The molecule has 3 heterocycles. The highest BCUT2D eigenvalue weighted by Gasteiger charge is 2.12. The van der Waals surface area contributed by atoms with Crippen molar-refractivity contribution >= 4 is 34.9 Å². The summed E-state index contributed by atoms with van der Waals surface area (Å²) in [6.45, 7) is 0.106. The van der Waals surface area contributed by atoms with Gasteiger partial charge >= 0.3 is 0 Å². The van der Waals surface area contributed by atoms with Crippen molar-refractivity contribution in [3.63, 3.8) is 0 Å². The van der Waals surface area contributed by atoms with Crippen LogP contribution in [0.3, 0.4) is 0 Å². The van der Waals surface area contributed by atoms with Crippen molar-refractivity contribution in [2.75, 3.05) is 0 Å². The number of benzene rings is 1. The van der Waals surface area contributed by atoms with E-state index in [1.54, 1.807) is 25.3 Å². The van der Waals surface area contributed by atoms with Crippen LogP contribution in [0.25, 0.3) is 23.3 Å². The average molecular weight is 370 g/mol. The summed E-state index contributed by atoms with van der Waals surface area (Å²) in [6, 6.07) is 7.35. The molecular formula is C16H12ClN7O2. The van der Waals surface area contributed by atoms with Crippen LogP contribution in [0.5, 0.6) is 0 Å². The van der Waals surface area contributed by atoms with Crippen molar-refractivity contribution in [3.05, 3.63) is 63.2 Å². The van der Waals surface area contributed by atoms with Crippen molar-refractivity contribution in [2.24, 2.45) is 7.05 Å². The predicted molar refractivity (Wildman–Crippen MR) is 94.3 cm³/mol. The van der Waals surface area contributed by atoms with Crippen LogP contribution in [0.2, 0.25) is 5.02 Å². The maximum Gasteiger partial charge on any atom is 0.281 e. The van der Waals surface area contributed by atoms with E-state index < -0.39 is 0 Å². The first-order chi connectivity index (χ1) is 12.6. The lowest BCUT2D eigenvalue weighted by Crippen LogP contribution is -2.22. The lowest BCUT2D eigenvalue weighted by atomic mass is 10.2. The molecule has 0 bridgehead atoms. The molecule has 0 saturated heterocycles. The third kappa shape index (κ3) is 3.11. The summed E-state index contributed by atoms with van der Waals surface area (Å²) in [7, 11) is 1.63. The number of aromatic nitrogens is 7. The lowest BCUT2D eigenvalue weighted by molar-refractivity contribution is 0.367. The SMILES string of the molecule is Cn1nnc2ncn(Cc3nc(C=Cc4ccc(Cl)cc4)no3)c(=O)c21. The summed E-state index contributed by atoms with van der Waals surface area (Å²) in [5.74, 6) is 0.693. The summed E-state index contributed by atoms with van der Waals surface area (Å²) in [5.41, 5.74) is 1.29. The van der Waals surface area contributed by atoms with Crippen molar-refractivity contribution in [2.45, 2.75) is 6.54 Å². The molecule has 10 heteroatoms. The minimum absolute atomic E-state index is 0.106. The summed E-state index contributed by atoms with van der Waals surface area (Å²) in [4.78, 5) is 20.8. The minimum Gasteiger partial charge on any atom is -0.337 e. The van der Waals surface area contributed by atoms with Gasteiger partial charge in [-0.1, -0.05) is 40.2 Å². The van der Waals surface area contributed by atoms with Crippen LogP contribution in [-0.2, 0) is 13.6 Å². The van der Waals surface area contributed by atoms with Crippen LogP contribution in [0.1, 0.15) is 17.3 Å². The molecule has 0 N–H and O–H groups in total. The molecule has 26 heavy (non-hydrogen) atoms. The van der Waals surface area contributed by atoms with Crippen LogP contribution < -0.4 is 5.56 Å². The maximum atomic E-state index is 12.5. The molecule has 1 aromatic carbocycles. The fourth-order valence-electron chi connectivity index (χ4n) is 2.38. The molecular weight excluding hydrogens is 358 g/mol. The van der Waals surface area contributed by atoms with Gasteiger partial charge in [-0.25, -0.2) is 9.67 Å². The Kier molecular flexibility index (Phi) is 4.05. The molecule has 4 rings (SSSR count). The molecule has 0 fully saturated rings. The van der Waals surface area contributed by atoms with E-state index in [0.29, 0.717) is 27.9 Å². The zero-order chi connectivity index (χ0) is 18.1. The van der Waals surface area contributed by atoms with E-state index in [1.165, 1.54) is 15.6 Å². The fraction of sp³-hybridized carbons (Fsp3) is 0.125.